The van der Waals surface area contributed by atoms with Crippen LogP contribution in [0, 0.1) is 23.7 Å². The molecule has 1 aromatic carbocycles. The maximum atomic E-state index is 13.1. The van der Waals surface area contributed by atoms with E-state index in [1.807, 2.05) is 0 Å². The van der Waals surface area contributed by atoms with Crippen molar-refractivity contribution in [1.29, 1.82) is 0 Å². The summed E-state index contributed by atoms with van der Waals surface area (Å²) in [6.07, 6.45) is -6.11. The molecule has 160 valence electrons. The van der Waals surface area contributed by atoms with Crippen LogP contribution in [-0.2, 0) is 20.6 Å². The lowest BCUT2D eigenvalue weighted by atomic mass is 9.85. The number of likely N-dealkylation sites (tertiary alicyclic amines) is 1. The normalized spacial score (nSPS) is 27.7. The van der Waals surface area contributed by atoms with E-state index in [-0.39, 0.29) is 16.7 Å². The van der Waals surface area contributed by atoms with E-state index in [0.29, 0.717) is 23.5 Å². The molecule has 1 aromatic rings. The topological polar surface area (TPSA) is 57.7 Å². The van der Waals surface area contributed by atoms with Crippen molar-refractivity contribution in [2.45, 2.75) is 18.8 Å². The molecule has 4 rings (SSSR count). The molecule has 0 unspecified atom stereocenters. The van der Waals surface area contributed by atoms with Crippen LogP contribution < -0.4 is 4.90 Å². The van der Waals surface area contributed by atoms with E-state index in [1.54, 1.807) is 12.2 Å². The summed E-state index contributed by atoms with van der Waals surface area (Å²) in [6.45, 7) is -1.11. The largest absolute Gasteiger partial charge is 0.471 e. The smallest absolute Gasteiger partial charge is 0.286 e. The number of nitrogens with zero attached hydrogens (tertiary/aromatic N) is 2. The van der Waals surface area contributed by atoms with E-state index in [4.69, 9.17) is 0 Å². The highest BCUT2D eigenvalue weighted by atomic mass is 19.4. The number of benzene rings is 1. The molecular weight excluding hydrogens is 418 g/mol. The predicted octanol–water partition coefficient (Wildman–Crippen LogP) is 3.37. The summed E-state index contributed by atoms with van der Waals surface area (Å²) in [7, 11) is 0. The van der Waals surface area contributed by atoms with Crippen molar-refractivity contribution in [3.05, 3.63) is 42.0 Å². The van der Waals surface area contributed by atoms with Crippen molar-refractivity contribution in [1.82, 2.24) is 4.90 Å². The maximum Gasteiger partial charge on any atom is 0.471 e. The highest BCUT2D eigenvalue weighted by Gasteiger charge is 2.60. The maximum absolute atomic E-state index is 13.1. The van der Waals surface area contributed by atoms with Crippen LogP contribution in [0.15, 0.2) is 36.4 Å². The number of allylic oxidation sites excluding steroid dienone is 2. The van der Waals surface area contributed by atoms with Crippen LogP contribution in [0.4, 0.5) is 32.0 Å². The van der Waals surface area contributed by atoms with Crippen LogP contribution >= 0.6 is 0 Å². The Hall–Kier alpha value is -2.85. The zero-order chi connectivity index (χ0) is 22.0. The highest BCUT2D eigenvalue weighted by molar-refractivity contribution is 6.07. The molecule has 2 fully saturated rings. The molecule has 1 heterocycles. The minimum Gasteiger partial charge on any atom is -0.286 e. The van der Waals surface area contributed by atoms with Crippen LogP contribution in [0.3, 0.4) is 0 Å². The zero-order valence-electron chi connectivity index (χ0n) is 15.1. The summed E-state index contributed by atoms with van der Waals surface area (Å²) < 4.78 is 78.4. The molecule has 4 atom stereocenters. The number of carbonyl (C=O) groups is 3. The Morgan fingerprint density at radius 1 is 1.00 bits per heavy atom. The minimum absolute atomic E-state index is 0.0125. The fourth-order valence-corrected chi connectivity index (χ4v) is 4.51. The fourth-order valence-electron chi connectivity index (χ4n) is 4.51. The quantitative estimate of drug-likeness (QED) is 0.418. The van der Waals surface area contributed by atoms with Gasteiger partial charge in [0, 0.05) is 5.69 Å². The van der Waals surface area contributed by atoms with Crippen LogP contribution in [0.5, 0.6) is 0 Å². The average molecular weight is 432 g/mol. The number of rotatable bonds is 3. The Morgan fingerprint density at radius 2 is 1.57 bits per heavy atom. The summed E-state index contributed by atoms with van der Waals surface area (Å²) in [6, 6.07) is 2.75. The molecule has 3 amide bonds. The first kappa shape index (κ1) is 20.4. The van der Waals surface area contributed by atoms with Gasteiger partial charge in [0.2, 0.25) is 11.8 Å². The lowest BCUT2D eigenvalue weighted by Gasteiger charge is -2.29. The molecule has 2 bridgehead atoms. The van der Waals surface area contributed by atoms with Crippen molar-refractivity contribution in [2.24, 2.45) is 23.7 Å². The monoisotopic (exact) mass is 432 g/mol. The average Bonchev–Trinajstić information content (AvgIpc) is 3.33. The van der Waals surface area contributed by atoms with Gasteiger partial charge in [-0.15, -0.1) is 0 Å². The van der Waals surface area contributed by atoms with Gasteiger partial charge in [-0.3, -0.25) is 24.2 Å². The van der Waals surface area contributed by atoms with Crippen molar-refractivity contribution in [3.63, 3.8) is 0 Å². The number of hydrogen-bond acceptors (Lipinski definition) is 3. The van der Waals surface area contributed by atoms with Crippen LogP contribution in [0.1, 0.15) is 12.0 Å². The molecule has 3 aliphatic rings. The zero-order valence-corrected chi connectivity index (χ0v) is 15.1. The Morgan fingerprint density at radius 3 is 2.07 bits per heavy atom. The third-order valence-electron chi connectivity index (χ3n) is 5.82. The lowest BCUT2D eigenvalue weighted by molar-refractivity contribution is -0.171. The summed E-state index contributed by atoms with van der Waals surface area (Å²) in [5, 5.41) is 0. The van der Waals surface area contributed by atoms with Crippen molar-refractivity contribution in [3.8, 4) is 0 Å². The molecular formula is C19H14F6N2O3. The van der Waals surface area contributed by atoms with E-state index in [1.165, 1.54) is 0 Å². The van der Waals surface area contributed by atoms with Gasteiger partial charge in [-0.1, -0.05) is 18.2 Å². The number of fused-ring (bicyclic) bond motifs is 5. The first-order valence-electron chi connectivity index (χ1n) is 8.99. The van der Waals surface area contributed by atoms with Gasteiger partial charge in [0.1, 0.15) is 6.67 Å². The van der Waals surface area contributed by atoms with Gasteiger partial charge >= 0.3 is 18.3 Å². The molecule has 30 heavy (non-hydrogen) atoms. The Kier molecular flexibility index (Phi) is 4.48. The van der Waals surface area contributed by atoms with Crippen LogP contribution in [0.2, 0.25) is 0 Å². The molecule has 0 aromatic heterocycles. The highest BCUT2D eigenvalue weighted by Crippen LogP contribution is 2.52. The summed E-state index contributed by atoms with van der Waals surface area (Å²) in [5.74, 6) is -5.74. The van der Waals surface area contributed by atoms with E-state index in [2.05, 4.69) is 0 Å². The number of carbonyl (C=O) groups excluding carboxylic acids is 3. The number of amides is 3. The number of hydrogen-bond donors (Lipinski definition) is 0. The molecule has 1 saturated carbocycles. The SMILES string of the molecule is O=C1[C@@H]2[C@H](C(=O)N1CN(C(=O)C(F)(F)F)c1cccc(C(F)(F)F)c1)[C@H]1C=C[C@@H]2C1. The lowest BCUT2D eigenvalue weighted by Crippen LogP contribution is -2.49. The Labute approximate surface area is 165 Å². The third-order valence-corrected chi connectivity index (χ3v) is 5.82. The van der Waals surface area contributed by atoms with Crippen molar-refractivity contribution in [2.75, 3.05) is 11.6 Å². The first-order valence-corrected chi connectivity index (χ1v) is 8.99. The number of halogens is 6. The van der Waals surface area contributed by atoms with Gasteiger partial charge in [-0.05, 0) is 36.5 Å². The van der Waals surface area contributed by atoms with Gasteiger partial charge in [-0.2, -0.15) is 26.3 Å². The van der Waals surface area contributed by atoms with Gasteiger partial charge in [0.05, 0.1) is 17.4 Å². The summed E-state index contributed by atoms with van der Waals surface area (Å²) >= 11 is 0. The molecule has 0 spiro atoms. The van der Waals surface area contributed by atoms with Gasteiger partial charge in [0.15, 0.2) is 0 Å². The second-order valence-corrected chi connectivity index (χ2v) is 7.52. The summed E-state index contributed by atoms with van der Waals surface area (Å²) in [5.41, 5.74) is -1.98. The van der Waals surface area contributed by atoms with E-state index < -0.39 is 59.8 Å². The first-order chi connectivity index (χ1) is 13.9. The Balaban J connectivity index is 1.68. The number of alkyl halides is 6. The molecule has 11 heteroatoms. The van der Waals surface area contributed by atoms with Gasteiger partial charge < -0.3 is 0 Å². The summed E-state index contributed by atoms with van der Waals surface area (Å²) in [4.78, 5) is 38.0. The van der Waals surface area contributed by atoms with Crippen LogP contribution in [0.25, 0.3) is 0 Å². The van der Waals surface area contributed by atoms with E-state index in [0.717, 1.165) is 12.1 Å². The predicted molar refractivity (Wildman–Crippen MR) is 89.4 cm³/mol. The van der Waals surface area contributed by atoms with E-state index in [9.17, 15) is 40.7 Å². The standard InChI is InChI=1S/C19H14F6N2O3/c20-18(21,22)11-2-1-3-12(7-11)26(17(30)19(23,24)25)8-27-15(28)13-9-4-5-10(6-9)14(13)16(27)29/h1-5,7,9-10,13-14H,6,8H2/t9-,10+,13+,14-. The minimum atomic E-state index is -5.42. The van der Waals surface area contributed by atoms with Crippen molar-refractivity contribution >= 4 is 23.4 Å². The van der Waals surface area contributed by atoms with Crippen LogP contribution in [-0.4, -0.2) is 35.5 Å². The second kappa shape index (κ2) is 6.58. The number of anilines is 1. The third kappa shape index (κ3) is 3.16. The molecule has 1 aliphatic heterocycles. The van der Waals surface area contributed by atoms with Crippen molar-refractivity contribution < 1.29 is 40.7 Å². The molecule has 0 N–H and O–H groups in total. The second-order valence-electron chi connectivity index (χ2n) is 7.52. The molecule has 0 radical (unpaired) electrons. The molecule has 1 saturated heterocycles. The molecule has 2 aliphatic carbocycles. The van der Waals surface area contributed by atoms with Gasteiger partial charge in [0.25, 0.3) is 0 Å². The Bertz CT molecular complexity index is 924. The van der Waals surface area contributed by atoms with Gasteiger partial charge in [-0.25, -0.2) is 0 Å². The number of imide groups is 1. The van der Waals surface area contributed by atoms with E-state index >= 15 is 0 Å². The molecule has 5 nitrogen and oxygen atoms in total. The fraction of sp³-hybridized carbons (Fsp3) is 0.421.